The number of hydrogen-bond donors (Lipinski definition) is 2. The number of amides is 1. The van der Waals surface area contributed by atoms with Crippen LogP contribution in [0, 0.1) is 0 Å². The van der Waals surface area contributed by atoms with E-state index in [1.165, 1.54) is 10.6 Å². The van der Waals surface area contributed by atoms with Gasteiger partial charge in [-0.05, 0) is 34.8 Å². The van der Waals surface area contributed by atoms with Gasteiger partial charge in [0.2, 0.25) is 5.91 Å². The number of nitrogens with two attached hydrogens (primary N) is 1. The summed E-state index contributed by atoms with van der Waals surface area (Å²) in [4.78, 5) is 23.6. The highest BCUT2D eigenvalue weighted by atomic mass is 79.9. The zero-order chi connectivity index (χ0) is 14.5. The van der Waals surface area contributed by atoms with Crippen LogP contribution in [-0.2, 0) is 11.3 Å². The number of nitrogens with one attached hydrogen (secondary N) is 1. The Bertz CT molecular complexity index is 492. The van der Waals surface area contributed by atoms with Crippen LogP contribution >= 0.6 is 28.3 Å². The van der Waals surface area contributed by atoms with Crippen molar-refractivity contribution in [2.75, 3.05) is 6.54 Å². The fourth-order valence-corrected chi connectivity index (χ4v) is 2.26. The molecule has 1 aromatic heterocycles. The Balaban J connectivity index is 0.00000361. The Morgan fingerprint density at radius 1 is 1.40 bits per heavy atom. The summed E-state index contributed by atoms with van der Waals surface area (Å²) >= 11 is 3.28. The molecule has 0 aliphatic carbocycles. The van der Waals surface area contributed by atoms with Crippen LogP contribution in [0.2, 0.25) is 0 Å². The summed E-state index contributed by atoms with van der Waals surface area (Å²) in [5.74, 6) is -0.200. The number of rotatable bonds is 6. The first-order valence-corrected chi connectivity index (χ1v) is 7.12. The zero-order valence-corrected chi connectivity index (χ0v) is 14.1. The lowest BCUT2D eigenvalue weighted by molar-refractivity contribution is -0.123. The molecule has 5 nitrogen and oxygen atoms in total. The lowest BCUT2D eigenvalue weighted by Gasteiger charge is -2.31. The molecule has 0 bridgehead atoms. The van der Waals surface area contributed by atoms with Gasteiger partial charge in [0, 0.05) is 23.3 Å². The molecule has 0 radical (unpaired) electrons. The molecule has 1 amide bonds. The third-order valence-electron chi connectivity index (χ3n) is 3.41. The number of hydrogen-bond acceptors (Lipinski definition) is 3. The van der Waals surface area contributed by atoms with Gasteiger partial charge in [-0.2, -0.15) is 0 Å². The monoisotopic (exact) mass is 365 g/mol. The van der Waals surface area contributed by atoms with E-state index in [1.807, 2.05) is 13.8 Å². The van der Waals surface area contributed by atoms with Crippen molar-refractivity contribution >= 4 is 34.2 Å². The van der Waals surface area contributed by atoms with Gasteiger partial charge in [-0.15, -0.1) is 12.4 Å². The summed E-state index contributed by atoms with van der Waals surface area (Å²) in [7, 11) is 0. The van der Waals surface area contributed by atoms with E-state index in [0.717, 1.165) is 17.3 Å². The smallest absolute Gasteiger partial charge is 0.251 e. The molecular formula is C13H21BrClN3O2. The summed E-state index contributed by atoms with van der Waals surface area (Å²) in [6, 6.07) is 3.08. The molecule has 0 spiro atoms. The molecule has 0 unspecified atom stereocenters. The molecule has 1 heterocycles. The summed E-state index contributed by atoms with van der Waals surface area (Å²) < 4.78 is 2.13. The predicted molar refractivity (Wildman–Crippen MR) is 86.2 cm³/mol. The highest BCUT2D eigenvalue weighted by molar-refractivity contribution is 9.10. The Labute approximate surface area is 133 Å². The highest BCUT2D eigenvalue weighted by Gasteiger charge is 2.26. The molecule has 0 aromatic carbocycles. The Kier molecular flexibility index (Phi) is 8.08. The summed E-state index contributed by atoms with van der Waals surface area (Å²) in [5.41, 5.74) is 5.15. The molecule has 3 N–H and O–H groups in total. The van der Waals surface area contributed by atoms with E-state index in [-0.39, 0.29) is 36.0 Å². The first-order valence-electron chi connectivity index (χ1n) is 6.33. The van der Waals surface area contributed by atoms with Crippen LogP contribution in [0.5, 0.6) is 0 Å². The second-order valence-corrected chi connectivity index (χ2v) is 5.47. The van der Waals surface area contributed by atoms with Crippen LogP contribution in [0.3, 0.4) is 0 Å². The molecule has 0 saturated carbocycles. The third-order valence-corrected chi connectivity index (χ3v) is 3.88. The highest BCUT2D eigenvalue weighted by Crippen LogP contribution is 2.13. The van der Waals surface area contributed by atoms with Crippen LogP contribution < -0.4 is 16.6 Å². The first kappa shape index (κ1) is 19.1. The van der Waals surface area contributed by atoms with Gasteiger partial charge >= 0.3 is 0 Å². The van der Waals surface area contributed by atoms with Crippen molar-refractivity contribution in [3.63, 3.8) is 0 Å². The summed E-state index contributed by atoms with van der Waals surface area (Å²) in [6.45, 7) is 4.36. The number of aromatic nitrogens is 1. The van der Waals surface area contributed by atoms with Crippen molar-refractivity contribution in [2.24, 2.45) is 5.73 Å². The van der Waals surface area contributed by atoms with Gasteiger partial charge in [-0.3, -0.25) is 9.59 Å². The molecule has 1 rings (SSSR count). The second kappa shape index (κ2) is 8.44. The Morgan fingerprint density at radius 2 is 2.00 bits per heavy atom. The number of pyridine rings is 1. The van der Waals surface area contributed by atoms with Gasteiger partial charge in [0.15, 0.2) is 0 Å². The second-order valence-electron chi connectivity index (χ2n) is 4.55. The molecule has 0 atom stereocenters. The molecular weight excluding hydrogens is 346 g/mol. The van der Waals surface area contributed by atoms with Gasteiger partial charge in [0.1, 0.15) is 6.54 Å². The third kappa shape index (κ3) is 4.92. The van der Waals surface area contributed by atoms with E-state index in [0.29, 0.717) is 6.54 Å². The van der Waals surface area contributed by atoms with Crippen LogP contribution in [0.4, 0.5) is 0 Å². The minimum Gasteiger partial charge on any atom is -0.348 e. The molecule has 0 saturated heterocycles. The van der Waals surface area contributed by atoms with Crippen molar-refractivity contribution in [3.8, 4) is 0 Å². The maximum absolute atomic E-state index is 12.0. The van der Waals surface area contributed by atoms with Crippen molar-refractivity contribution < 1.29 is 4.79 Å². The fraction of sp³-hybridized carbons (Fsp3) is 0.538. The van der Waals surface area contributed by atoms with E-state index in [1.54, 1.807) is 12.3 Å². The van der Waals surface area contributed by atoms with Gasteiger partial charge in [0.25, 0.3) is 5.56 Å². The number of nitrogens with zero attached hydrogens (tertiary/aromatic N) is 1. The normalized spacial score (nSPS) is 10.8. The standard InChI is InChI=1S/C13H20BrN3O2.ClH/c1-3-13(4-2,9-15)16-11(18)8-17-7-10(14)5-6-12(17)19;/h5-7H,3-4,8-9,15H2,1-2H3,(H,16,18);1H. The fourth-order valence-electron chi connectivity index (χ4n) is 1.88. The van der Waals surface area contributed by atoms with Crippen molar-refractivity contribution in [1.82, 2.24) is 9.88 Å². The lowest BCUT2D eigenvalue weighted by Crippen LogP contribution is -2.54. The number of carbonyl (C=O) groups excluding carboxylic acids is 1. The van der Waals surface area contributed by atoms with Crippen LogP contribution in [0.25, 0.3) is 0 Å². The van der Waals surface area contributed by atoms with Gasteiger partial charge < -0.3 is 15.6 Å². The largest absolute Gasteiger partial charge is 0.348 e. The number of carbonyl (C=O) groups is 1. The molecule has 20 heavy (non-hydrogen) atoms. The van der Waals surface area contributed by atoms with E-state index >= 15 is 0 Å². The lowest BCUT2D eigenvalue weighted by atomic mass is 9.93. The SMILES string of the molecule is CCC(CC)(CN)NC(=O)Cn1cc(Br)ccc1=O.Cl. The average molecular weight is 367 g/mol. The topological polar surface area (TPSA) is 77.1 Å². The molecule has 0 aliphatic heterocycles. The van der Waals surface area contributed by atoms with E-state index in [9.17, 15) is 9.59 Å². The van der Waals surface area contributed by atoms with E-state index < -0.39 is 0 Å². The zero-order valence-electron chi connectivity index (χ0n) is 11.7. The van der Waals surface area contributed by atoms with Crippen molar-refractivity contribution in [2.45, 2.75) is 38.8 Å². The first-order chi connectivity index (χ1) is 8.96. The molecule has 114 valence electrons. The maximum Gasteiger partial charge on any atom is 0.251 e. The molecule has 0 fully saturated rings. The van der Waals surface area contributed by atoms with Gasteiger partial charge in [-0.25, -0.2) is 0 Å². The van der Waals surface area contributed by atoms with Crippen molar-refractivity contribution in [3.05, 3.63) is 33.2 Å². The summed E-state index contributed by atoms with van der Waals surface area (Å²) in [6.07, 6.45) is 3.13. The number of halogens is 2. The van der Waals surface area contributed by atoms with Crippen molar-refractivity contribution in [1.29, 1.82) is 0 Å². The predicted octanol–water partition coefficient (Wildman–Crippen LogP) is 1.67. The van der Waals surface area contributed by atoms with Crippen LogP contribution in [0.1, 0.15) is 26.7 Å². The van der Waals surface area contributed by atoms with E-state index in [4.69, 9.17) is 5.73 Å². The maximum atomic E-state index is 12.0. The van der Waals surface area contributed by atoms with E-state index in [2.05, 4.69) is 21.2 Å². The van der Waals surface area contributed by atoms with Gasteiger partial charge in [0.05, 0.1) is 5.54 Å². The minimum atomic E-state index is -0.382. The molecule has 7 heteroatoms. The van der Waals surface area contributed by atoms with Gasteiger partial charge in [-0.1, -0.05) is 13.8 Å². The minimum absolute atomic E-state index is 0. The van der Waals surface area contributed by atoms with Crippen LogP contribution in [0.15, 0.2) is 27.6 Å². The molecule has 0 aliphatic rings. The Morgan fingerprint density at radius 3 is 2.50 bits per heavy atom. The average Bonchev–Trinajstić information content (AvgIpc) is 2.40. The molecule has 1 aromatic rings. The Hall–Kier alpha value is -0.850. The summed E-state index contributed by atoms with van der Waals surface area (Å²) in [5, 5.41) is 2.94. The quantitative estimate of drug-likeness (QED) is 0.804. The van der Waals surface area contributed by atoms with Crippen LogP contribution in [-0.4, -0.2) is 22.6 Å².